The minimum Gasteiger partial charge on any atom is -0.371 e. The maximum atomic E-state index is 6.28. The quantitative estimate of drug-likeness (QED) is 0.844. The lowest BCUT2D eigenvalue weighted by atomic mass is 10.0. The fourth-order valence-corrected chi connectivity index (χ4v) is 3.96. The van der Waals surface area contributed by atoms with Gasteiger partial charge < -0.3 is 9.47 Å². The Morgan fingerprint density at radius 1 is 1.13 bits per heavy atom. The van der Waals surface area contributed by atoms with Crippen LogP contribution in [-0.2, 0) is 13.1 Å². The Balaban J connectivity index is 1.38. The highest BCUT2D eigenvalue weighted by Crippen LogP contribution is 2.28. The van der Waals surface area contributed by atoms with Gasteiger partial charge in [0.2, 0.25) is 0 Å². The van der Waals surface area contributed by atoms with Gasteiger partial charge in [0.1, 0.15) is 0 Å². The molecule has 2 aromatic rings. The van der Waals surface area contributed by atoms with Crippen LogP contribution in [0.4, 0.5) is 5.69 Å². The molecular formula is C18H23ClN4. The molecule has 1 aromatic carbocycles. The van der Waals surface area contributed by atoms with Gasteiger partial charge >= 0.3 is 0 Å². The summed E-state index contributed by atoms with van der Waals surface area (Å²) in [6.45, 7) is 7.54. The van der Waals surface area contributed by atoms with Gasteiger partial charge in [-0.3, -0.25) is 4.90 Å². The molecule has 0 atom stereocenters. The number of rotatable bonds is 2. The van der Waals surface area contributed by atoms with Crippen molar-refractivity contribution in [3.63, 3.8) is 0 Å². The second kappa shape index (κ2) is 6.17. The van der Waals surface area contributed by atoms with E-state index in [4.69, 9.17) is 11.6 Å². The zero-order valence-electron chi connectivity index (χ0n) is 13.6. The van der Waals surface area contributed by atoms with Gasteiger partial charge in [0.15, 0.2) is 0 Å². The third kappa shape index (κ3) is 2.98. The summed E-state index contributed by atoms with van der Waals surface area (Å²) in [6.07, 6.45) is 6.41. The van der Waals surface area contributed by atoms with E-state index in [1.807, 2.05) is 12.5 Å². The first-order valence-corrected chi connectivity index (χ1v) is 8.82. The van der Waals surface area contributed by atoms with Crippen molar-refractivity contribution in [2.24, 2.45) is 0 Å². The predicted octanol–water partition coefficient (Wildman–Crippen LogP) is 3.33. The van der Waals surface area contributed by atoms with Crippen LogP contribution in [0.5, 0.6) is 0 Å². The van der Waals surface area contributed by atoms with E-state index in [1.54, 1.807) is 0 Å². The Labute approximate surface area is 142 Å². The molecule has 5 heteroatoms. The first kappa shape index (κ1) is 15.0. The SMILES string of the molecule is Cc1ccc(N2CCC(N3CCn4cncc4C3)CC2)cc1Cl. The van der Waals surface area contributed by atoms with E-state index in [0.717, 1.165) is 43.3 Å². The second-order valence-corrected chi connectivity index (χ2v) is 7.11. The number of aromatic nitrogens is 2. The molecule has 4 nitrogen and oxygen atoms in total. The molecule has 0 aliphatic carbocycles. The molecule has 3 heterocycles. The maximum absolute atomic E-state index is 6.28. The molecule has 0 amide bonds. The van der Waals surface area contributed by atoms with Gasteiger partial charge in [0.25, 0.3) is 0 Å². The third-order valence-electron chi connectivity index (χ3n) is 5.29. The smallest absolute Gasteiger partial charge is 0.0949 e. The van der Waals surface area contributed by atoms with E-state index in [2.05, 4.69) is 44.5 Å². The van der Waals surface area contributed by atoms with Gasteiger partial charge in [-0.25, -0.2) is 4.98 Å². The Bertz CT molecular complexity index is 688. The highest BCUT2D eigenvalue weighted by Gasteiger charge is 2.27. The lowest BCUT2D eigenvalue weighted by Gasteiger charge is -2.41. The summed E-state index contributed by atoms with van der Waals surface area (Å²) in [5.41, 5.74) is 3.76. The van der Waals surface area contributed by atoms with Crippen LogP contribution in [0, 0.1) is 6.92 Å². The van der Waals surface area contributed by atoms with Crippen LogP contribution in [0.2, 0.25) is 5.02 Å². The summed E-state index contributed by atoms with van der Waals surface area (Å²) < 4.78 is 2.28. The minimum atomic E-state index is 0.691. The first-order chi connectivity index (χ1) is 11.2. The van der Waals surface area contributed by atoms with Gasteiger partial charge in [-0.2, -0.15) is 0 Å². The number of piperidine rings is 1. The predicted molar refractivity (Wildman–Crippen MR) is 94.1 cm³/mol. The molecule has 1 fully saturated rings. The minimum absolute atomic E-state index is 0.691. The molecule has 2 aliphatic heterocycles. The summed E-state index contributed by atoms with van der Waals surface area (Å²) in [5, 5.41) is 0.869. The average molecular weight is 331 g/mol. The standard InChI is InChI=1S/C18H23ClN4/c1-14-2-3-16(10-18(14)19)21-6-4-15(5-7-21)22-8-9-23-13-20-11-17(23)12-22/h2-3,10-11,13,15H,4-9,12H2,1H3. The lowest BCUT2D eigenvalue weighted by Crippen LogP contribution is -2.47. The largest absolute Gasteiger partial charge is 0.371 e. The van der Waals surface area contributed by atoms with Crippen molar-refractivity contribution in [3.05, 3.63) is 47.0 Å². The van der Waals surface area contributed by atoms with E-state index < -0.39 is 0 Å². The number of anilines is 1. The highest BCUT2D eigenvalue weighted by atomic mass is 35.5. The summed E-state index contributed by atoms with van der Waals surface area (Å²) in [4.78, 5) is 9.37. The van der Waals surface area contributed by atoms with E-state index in [9.17, 15) is 0 Å². The number of nitrogens with zero attached hydrogens (tertiary/aromatic N) is 4. The third-order valence-corrected chi connectivity index (χ3v) is 5.70. The highest BCUT2D eigenvalue weighted by molar-refractivity contribution is 6.31. The number of benzene rings is 1. The second-order valence-electron chi connectivity index (χ2n) is 6.70. The molecule has 23 heavy (non-hydrogen) atoms. The van der Waals surface area contributed by atoms with Crippen LogP contribution in [0.25, 0.3) is 0 Å². The van der Waals surface area contributed by atoms with Crippen molar-refractivity contribution < 1.29 is 0 Å². The van der Waals surface area contributed by atoms with Crippen LogP contribution in [0.15, 0.2) is 30.7 Å². The Morgan fingerprint density at radius 2 is 1.96 bits per heavy atom. The van der Waals surface area contributed by atoms with E-state index >= 15 is 0 Å². The zero-order chi connectivity index (χ0) is 15.8. The molecule has 0 unspecified atom stereocenters. The van der Waals surface area contributed by atoms with Gasteiger partial charge in [0.05, 0.1) is 12.0 Å². The summed E-state index contributed by atoms with van der Waals surface area (Å²) in [7, 11) is 0. The number of aryl methyl sites for hydroxylation is 1. The Kier molecular flexibility index (Phi) is 4.04. The summed E-state index contributed by atoms with van der Waals surface area (Å²) >= 11 is 6.28. The maximum Gasteiger partial charge on any atom is 0.0949 e. The first-order valence-electron chi connectivity index (χ1n) is 8.45. The molecule has 0 N–H and O–H groups in total. The van der Waals surface area contributed by atoms with Crippen molar-refractivity contribution in [1.29, 1.82) is 0 Å². The van der Waals surface area contributed by atoms with Crippen LogP contribution in [0.3, 0.4) is 0 Å². The molecule has 2 aliphatic rings. The average Bonchev–Trinajstić information content (AvgIpc) is 3.05. The van der Waals surface area contributed by atoms with Crippen LogP contribution in [0.1, 0.15) is 24.1 Å². The monoisotopic (exact) mass is 330 g/mol. The molecule has 122 valence electrons. The van der Waals surface area contributed by atoms with Crippen molar-refractivity contribution in [1.82, 2.24) is 14.5 Å². The van der Waals surface area contributed by atoms with Crippen molar-refractivity contribution in [2.45, 2.75) is 38.9 Å². The van der Waals surface area contributed by atoms with Crippen LogP contribution < -0.4 is 4.90 Å². The molecule has 0 saturated carbocycles. The van der Waals surface area contributed by atoms with Gasteiger partial charge in [-0.1, -0.05) is 17.7 Å². The molecule has 1 saturated heterocycles. The van der Waals surface area contributed by atoms with E-state index in [1.165, 1.54) is 24.2 Å². The van der Waals surface area contributed by atoms with Crippen molar-refractivity contribution in [2.75, 3.05) is 24.5 Å². The van der Waals surface area contributed by atoms with E-state index in [0.29, 0.717) is 6.04 Å². The van der Waals surface area contributed by atoms with Crippen molar-refractivity contribution in [3.8, 4) is 0 Å². The Morgan fingerprint density at radius 3 is 2.74 bits per heavy atom. The number of hydrogen-bond acceptors (Lipinski definition) is 3. The number of imidazole rings is 1. The molecular weight excluding hydrogens is 308 g/mol. The van der Waals surface area contributed by atoms with Gasteiger partial charge in [0, 0.05) is 55.7 Å². The summed E-state index contributed by atoms with van der Waals surface area (Å²) in [6, 6.07) is 7.11. The number of hydrogen-bond donors (Lipinski definition) is 0. The topological polar surface area (TPSA) is 24.3 Å². The van der Waals surface area contributed by atoms with Gasteiger partial charge in [-0.05, 0) is 37.5 Å². The fraction of sp³-hybridized carbons (Fsp3) is 0.500. The summed E-state index contributed by atoms with van der Waals surface area (Å²) in [5.74, 6) is 0. The fourth-order valence-electron chi connectivity index (χ4n) is 3.78. The van der Waals surface area contributed by atoms with Gasteiger partial charge in [-0.15, -0.1) is 0 Å². The zero-order valence-corrected chi connectivity index (χ0v) is 14.3. The van der Waals surface area contributed by atoms with Crippen molar-refractivity contribution >= 4 is 17.3 Å². The number of halogens is 1. The molecule has 4 rings (SSSR count). The lowest BCUT2D eigenvalue weighted by molar-refractivity contribution is 0.134. The Hall–Kier alpha value is -1.52. The van der Waals surface area contributed by atoms with Crippen LogP contribution in [-0.4, -0.2) is 40.1 Å². The van der Waals surface area contributed by atoms with E-state index in [-0.39, 0.29) is 0 Å². The van der Waals surface area contributed by atoms with Crippen LogP contribution >= 0.6 is 11.6 Å². The number of fused-ring (bicyclic) bond motifs is 1. The molecule has 0 spiro atoms. The molecule has 0 bridgehead atoms. The normalized spacial score (nSPS) is 19.8. The molecule has 0 radical (unpaired) electrons. The molecule has 1 aromatic heterocycles.